The fourth-order valence-electron chi connectivity index (χ4n) is 2.93. The van der Waals surface area contributed by atoms with Crippen molar-refractivity contribution in [3.05, 3.63) is 48.0 Å². The summed E-state index contributed by atoms with van der Waals surface area (Å²) in [5, 5.41) is 14.6. The highest BCUT2D eigenvalue weighted by Gasteiger charge is 2.40. The van der Waals surface area contributed by atoms with Crippen molar-refractivity contribution in [2.75, 3.05) is 13.1 Å². The van der Waals surface area contributed by atoms with Crippen LogP contribution in [0.4, 0.5) is 0 Å². The van der Waals surface area contributed by atoms with Crippen LogP contribution in [0.1, 0.15) is 31.7 Å². The first kappa shape index (κ1) is 13.3. The first-order chi connectivity index (χ1) is 8.69. The maximum Gasteiger partial charge on any atom is 0.113 e. The second-order valence-corrected chi connectivity index (χ2v) is 5.11. The minimum Gasteiger partial charge on any atom is -0.380 e. The quantitative estimate of drug-likeness (QED) is 0.799. The number of benzene rings is 1. The minimum atomic E-state index is -0.863. The van der Waals surface area contributed by atoms with Crippen LogP contribution < -0.4 is 5.32 Å². The molecule has 1 aliphatic heterocycles. The van der Waals surface area contributed by atoms with Gasteiger partial charge in [0.05, 0.1) is 0 Å². The summed E-state index contributed by atoms with van der Waals surface area (Å²) in [6.45, 7) is 8.16. The third-order valence-electron chi connectivity index (χ3n) is 4.11. The zero-order valence-electron chi connectivity index (χ0n) is 11.2. The topological polar surface area (TPSA) is 32.3 Å². The molecule has 1 aromatic rings. The normalized spacial score (nSPS) is 20.3. The maximum absolute atomic E-state index is 11.2. The fraction of sp³-hybridized carbons (Fsp3) is 0.500. The first-order valence-corrected chi connectivity index (χ1v) is 6.86. The molecule has 1 heterocycles. The van der Waals surface area contributed by atoms with E-state index in [2.05, 4.69) is 18.8 Å². The standard InChI is InChI=1S/C16H23NO/c1-3-13(2)16(18,14-7-5-4-6-8-14)15-9-11-17-12-10-15/h4-8,15,17-18H,2-3,9-12H2,1H3. The van der Waals surface area contributed by atoms with E-state index in [0.717, 1.165) is 43.5 Å². The number of hydrogen-bond donors (Lipinski definition) is 2. The Morgan fingerprint density at radius 3 is 2.50 bits per heavy atom. The van der Waals surface area contributed by atoms with Crippen LogP contribution in [-0.4, -0.2) is 18.2 Å². The van der Waals surface area contributed by atoms with Crippen LogP contribution in [-0.2, 0) is 5.60 Å². The highest BCUT2D eigenvalue weighted by Crippen LogP contribution is 2.41. The lowest BCUT2D eigenvalue weighted by molar-refractivity contribution is -0.00344. The summed E-state index contributed by atoms with van der Waals surface area (Å²) < 4.78 is 0. The summed E-state index contributed by atoms with van der Waals surface area (Å²) in [4.78, 5) is 0. The summed E-state index contributed by atoms with van der Waals surface area (Å²) in [7, 11) is 0. The number of piperidine rings is 1. The fourth-order valence-corrected chi connectivity index (χ4v) is 2.93. The molecule has 0 spiro atoms. The van der Waals surface area contributed by atoms with E-state index in [1.54, 1.807) is 0 Å². The number of rotatable bonds is 4. The van der Waals surface area contributed by atoms with Gasteiger partial charge >= 0.3 is 0 Å². The van der Waals surface area contributed by atoms with Gasteiger partial charge in [-0.3, -0.25) is 0 Å². The van der Waals surface area contributed by atoms with Gasteiger partial charge in [0.25, 0.3) is 0 Å². The third kappa shape index (κ3) is 2.36. The van der Waals surface area contributed by atoms with Gasteiger partial charge in [-0.1, -0.05) is 43.8 Å². The molecule has 18 heavy (non-hydrogen) atoms. The second-order valence-electron chi connectivity index (χ2n) is 5.11. The summed E-state index contributed by atoms with van der Waals surface area (Å²) in [6, 6.07) is 10.0. The van der Waals surface area contributed by atoms with E-state index in [0.29, 0.717) is 0 Å². The van der Waals surface area contributed by atoms with Gasteiger partial charge in [0.2, 0.25) is 0 Å². The third-order valence-corrected chi connectivity index (χ3v) is 4.11. The lowest BCUT2D eigenvalue weighted by atomic mass is 9.71. The van der Waals surface area contributed by atoms with Gasteiger partial charge in [0, 0.05) is 0 Å². The van der Waals surface area contributed by atoms with Crippen molar-refractivity contribution in [2.24, 2.45) is 5.92 Å². The van der Waals surface area contributed by atoms with Gasteiger partial charge in [0.15, 0.2) is 0 Å². The van der Waals surface area contributed by atoms with E-state index in [9.17, 15) is 5.11 Å². The summed E-state index contributed by atoms with van der Waals surface area (Å²) in [5.41, 5.74) is 1.06. The Morgan fingerprint density at radius 2 is 1.94 bits per heavy atom. The predicted octanol–water partition coefficient (Wildman–Crippen LogP) is 2.84. The molecule has 0 amide bonds. The SMILES string of the molecule is C=C(CC)C(O)(c1ccccc1)C1CCNCC1. The molecular weight excluding hydrogens is 222 g/mol. The highest BCUT2D eigenvalue weighted by atomic mass is 16.3. The van der Waals surface area contributed by atoms with Gasteiger partial charge < -0.3 is 10.4 Å². The molecule has 0 aliphatic carbocycles. The molecule has 1 fully saturated rings. The zero-order chi connectivity index (χ0) is 13.0. The molecule has 0 radical (unpaired) electrons. The van der Waals surface area contributed by atoms with Crippen LogP contribution in [0.2, 0.25) is 0 Å². The van der Waals surface area contributed by atoms with Crippen molar-refractivity contribution in [1.82, 2.24) is 5.32 Å². The molecule has 0 bridgehead atoms. The Kier molecular flexibility index (Phi) is 4.20. The smallest absolute Gasteiger partial charge is 0.113 e. The van der Waals surface area contributed by atoms with Gasteiger partial charge in [0.1, 0.15) is 5.60 Å². The Balaban J connectivity index is 2.36. The molecule has 1 unspecified atom stereocenters. The lowest BCUT2D eigenvalue weighted by Crippen LogP contribution is -2.42. The van der Waals surface area contributed by atoms with Crippen LogP contribution in [0.25, 0.3) is 0 Å². The van der Waals surface area contributed by atoms with Crippen LogP contribution in [0.15, 0.2) is 42.5 Å². The molecule has 2 heteroatoms. The largest absolute Gasteiger partial charge is 0.380 e. The lowest BCUT2D eigenvalue weighted by Gasteiger charge is -2.40. The number of aliphatic hydroxyl groups is 1. The van der Waals surface area contributed by atoms with E-state index < -0.39 is 5.60 Å². The van der Waals surface area contributed by atoms with E-state index in [1.165, 1.54) is 0 Å². The Bertz CT molecular complexity index is 395. The molecule has 1 aliphatic rings. The van der Waals surface area contributed by atoms with Gasteiger partial charge in [-0.15, -0.1) is 0 Å². The molecular formula is C16H23NO. The Hall–Kier alpha value is -1.12. The van der Waals surface area contributed by atoms with E-state index in [-0.39, 0.29) is 5.92 Å². The molecule has 0 aromatic heterocycles. The molecule has 2 N–H and O–H groups in total. The van der Waals surface area contributed by atoms with Gasteiger partial charge in [-0.05, 0) is 49.4 Å². The van der Waals surface area contributed by atoms with Crippen molar-refractivity contribution in [3.63, 3.8) is 0 Å². The van der Waals surface area contributed by atoms with Crippen molar-refractivity contribution >= 4 is 0 Å². The highest BCUT2D eigenvalue weighted by molar-refractivity contribution is 5.32. The zero-order valence-corrected chi connectivity index (χ0v) is 11.2. The van der Waals surface area contributed by atoms with Crippen LogP contribution >= 0.6 is 0 Å². The summed E-state index contributed by atoms with van der Waals surface area (Å²) >= 11 is 0. The molecule has 2 nitrogen and oxygen atoms in total. The molecule has 0 saturated carbocycles. The predicted molar refractivity (Wildman–Crippen MR) is 75.4 cm³/mol. The molecule has 1 aromatic carbocycles. The second kappa shape index (κ2) is 5.68. The number of nitrogens with one attached hydrogen (secondary N) is 1. The van der Waals surface area contributed by atoms with Crippen LogP contribution in [0.5, 0.6) is 0 Å². The van der Waals surface area contributed by atoms with Crippen molar-refractivity contribution in [3.8, 4) is 0 Å². The van der Waals surface area contributed by atoms with Gasteiger partial charge in [-0.25, -0.2) is 0 Å². The molecule has 1 saturated heterocycles. The van der Waals surface area contributed by atoms with Crippen molar-refractivity contribution in [1.29, 1.82) is 0 Å². The van der Waals surface area contributed by atoms with Crippen molar-refractivity contribution in [2.45, 2.75) is 31.8 Å². The monoisotopic (exact) mass is 245 g/mol. The van der Waals surface area contributed by atoms with E-state index in [1.807, 2.05) is 30.3 Å². The molecule has 1 atom stereocenters. The number of hydrogen-bond acceptors (Lipinski definition) is 2. The average Bonchev–Trinajstić information content (AvgIpc) is 2.47. The van der Waals surface area contributed by atoms with Crippen LogP contribution in [0.3, 0.4) is 0 Å². The molecule has 98 valence electrons. The molecule has 2 rings (SSSR count). The Morgan fingerprint density at radius 1 is 1.33 bits per heavy atom. The first-order valence-electron chi connectivity index (χ1n) is 6.86. The van der Waals surface area contributed by atoms with E-state index >= 15 is 0 Å². The maximum atomic E-state index is 11.2. The average molecular weight is 245 g/mol. The Labute approximate surface area is 110 Å². The van der Waals surface area contributed by atoms with Crippen LogP contribution in [0, 0.1) is 5.92 Å². The van der Waals surface area contributed by atoms with Crippen molar-refractivity contribution < 1.29 is 5.11 Å². The summed E-state index contributed by atoms with van der Waals surface area (Å²) in [6.07, 6.45) is 2.82. The minimum absolute atomic E-state index is 0.272. The summed E-state index contributed by atoms with van der Waals surface area (Å²) in [5.74, 6) is 0.272. The van der Waals surface area contributed by atoms with Gasteiger partial charge in [-0.2, -0.15) is 0 Å². The van der Waals surface area contributed by atoms with E-state index in [4.69, 9.17) is 0 Å².